The average molecular weight is 401 g/mol. The molecule has 2 unspecified atom stereocenters. The summed E-state index contributed by atoms with van der Waals surface area (Å²) in [5.74, 6) is -1.56. The van der Waals surface area contributed by atoms with Crippen LogP contribution < -0.4 is 0 Å². The zero-order valence-corrected chi connectivity index (χ0v) is 18.8. The highest BCUT2D eigenvalue weighted by Crippen LogP contribution is 2.19. The maximum absolute atomic E-state index is 12.0. The Balaban J connectivity index is 3.64. The van der Waals surface area contributed by atoms with Crippen LogP contribution in [-0.4, -0.2) is 25.2 Å². The van der Waals surface area contributed by atoms with Crippen molar-refractivity contribution in [2.24, 2.45) is 5.92 Å². The minimum absolute atomic E-state index is 0.259. The Labute approximate surface area is 172 Å². The van der Waals surface area contributed by atoms with E-state index >= 15 is 0 Å². The molecule has 0 spiro atoms. The van der Waals surface area contributed by atoms with Crippen LogP contribution in [0.5, 0.6) is 0 Å². The minimum atomic E-state index is -0.631. The molecule has 0 aliphatic rings. The van der Waals surface area contributed by atoms with Crippen LogP contribution in [-0.2, 0) is 24.1 Å². The summed E-state index contributed by atoms with van der Waals surface area (Å²) in [5.41, 5.74) is 0. The number of carbonyl (C=O) groups is 2. The van der Waals surface area contributed by atoms with Gasteiger partial charge in [-0.15, -0.1) is 0 Å². The quantitative estimate of drug-likeness (QED) is 0.149. The van der Waals surface area contributed by atoms with E-state index in [0.717, 1.165) is 12.8 Å². The molecule has 0 amide bonds. The predicted molar refractivity (Wildman–Crippen MR) is 113 cm³/mol. The molecule has 0 aliphatic heterocycles. The summed E-state index contributed by atoms with van der Waals surface area (Å²) < 4.78 is 5.27. The van der Waals surface area contributed by atoms with Gasteiger partial charge in [0.1, 0.15) is 0 Å². The first-order chi connectivity index (χ1) is 13.5. The molecule has 0 saturated carbocycles. The number of methoxy groups -OCH3 is 1. The van der Waals surface area contributed by atoms with Crippen LogP contribution in [0.2, 0.25) is 0 Å². The molecule has 28 heavy (non-hydrogen) atoms. The lowest BCUT2D eigenvalue weighted by Gasteiger charge is -2.20. The first kappa shape index (κ1) is 26.9. The van der Waals surface area contributed by atoms with E-state index in [9.17, 15) is 9.59 Å². The molecule has 0 rings (SSSR count). The molecule has 0 fully saturated rings. The lowest BCUT2D eigenvalue weighted by molar-refractivity contribution is -0.262. The molecule has 0 N–H and O–H groups in total. The Bertz CT molecular complexity index is 383. The van der Waals surface area contributed by atoms with E-state index in [2.05, 4.69) is 16.7 Å². The molecule has 0 aromatic rings. The molecule has 2 atom stereocenters. The summed E-state index contributed by atoms with van der Waals surface area (Å²) in [4.78, 5) is 31.8. The largest absolute Gasteiger partial charge is 0.381 e. The van der Waals surface area contributed by atoms with E-state index in [-0.39, 0.29) is 6.10 Å². The van der Waals surface area contributed by atoms with Crippen molar-refractivity contribution in [3.8, 4) is 0 Å². The van der Waals surface area contributed by atoms with Gasteiger partial charge in [0.2, 0.25) is 0 Å². The fourth-order valence-corrected chi connectivity index (χ4v) is 3.43. The smallest absolute Gasteiger partial charge is 0.361 e. The van der Waals surface area contributed by atoms with E-state index < -0.39 is 17.9 Å². The van der Waals surface area contributed by atoms with Gasteiger partial charge in [-0.1, -0.05) is 96.8 Å². The van der Waals surface area contributed by atoms with E-state index in [1.807, 2.05) is 6.92 Å². The van der Waals surface area contributed by atoms with E-state index in [4.69, 9.17) is 4.74 Å². The summed E-state index contributed by atoms with van der Waals surface area (Å²) >= 11 is 0. The number of ether oxygens (including phenoxy) is 1. The number of rotatable bonds is 18. The van der Waals surface area contributed by atoms with Crippen molar-refractivity contribution in [2.45, 2.75) is 123 Å². The second kappa shape index (κ2) is 19.2. The van der Waals surface area contributed by atoms with Crippen molar-refractivity contribution < 1.29 is 24.1 Å². The third-order valence-corrected chi connectivity index (χ3v) is 5.35. The molecule has 5 heteroatoms. The summed E-state index contributed by atoms with van der Waals surface area (Å²) in [7, 11) is 1.57. The number of carbonyl (C=O) groups excluding carboxylic acids is 2. The second-order valence-electron chi connectivity index (χ2n) is 7.91. The molecule has 5 nitrogen and oxygen atoms in total. The van der Waals surface area contributed by atoms with E-state index in [1.54, 1.807) is 7.11 Å². The normalized spacial score (nSPS) is 13.1. The molecule has 0 aromatic heterocycles. The van der Waals surface area contributed by atoms with Crippen molar-refractivity contribution in [3.63, 3.8) is 0 Å². The molecule has 0 radical (unpaired) electrons. The van der Waals surface area contributed by atoms with Gasteiger partial charge in [0.25, 0.3) is 0 Å². The zero-order chi connectivity index (χ0) is 21.0. The second-order valence-corrected chi connectivity index (χ2v) is 7.91. The lowest BCUT2D eigenvalue weighted by Crippen LogP contribution is -2.29. The summed E-state index contributed by atoms with van der Waals surface area (Å²) in [6.45, 7) is 5.30. The average Bonchev–Trinajstić information content (AvgIpc) is 2.68. The lowest BCUT2D eigenvalue weighted by atomic mass is 9.95. The van der Waals surface area contributed by atoms with Gasteiger partial charge in [0, 0.05) is 14.0 Å². The van der Waals surface area contributed by atoms with Gasteiger partial charge in [-0.25, -0.2) is 19.4 Å². The van der Waals surface area contributed by atoms with Crippen molar-refractivity contribution in [1.29, 1.82) is 0 Å². The first-order valence-electron chi connectivity index (χ1n) is 11.4. The summed E-state index contributed by atoms with van der Waals surface area (Å²) in [6, 6.07) is 0. The summed E-state index contributed by atoms with van der Waals surface area (Å²) in [5, 5.41) is 0. The van der Waals surface area contributed by atoms with Crippen LogP contribution in [0.3, 0.4) is 0 Å². The van der Waals surface area contributed by atoms with Crippen LogP contribution in [0.25, 0.3) is 0 Å². The molecule has 0 aliphatic carbocycles. The Morgan fingerprint density at radius 1 is 0.714 bits per heavy atom. The fourth-order valence-electron chi connectivity index (χ4n) is 3.43. The van der Waals surface area contributed by atoms with E-state index in [0.29, 0.717) is 6.42 Å². The Morgan fingerprint density at radius 2 is 1.14 bits per heavy atom. The van der Waals surface area contributed by atoms with Crippen molar-refractivity contribution in [3.05, 3.63) is 0 Å². The topological polar surface area (TPSA) is 61.8 Å². The minimum Gasteiger partial charge on any atom is -0.381 e. The monoisotopic (exact) mass is 400 g/mol. The Morgan fingerprint density at radius 3 is 1.54 bits per heavy atom. The van der Waals surface area contributed by atoms with Crippen molar-refractivity contribution >= 4 is 11.9 Å². The zero-order valence-electron chi connectivity index (χ0n) is 18.8. The van der Waals surface area contributed by atoms with Gasteiger partial charge < -0.3 is 4.74 Å². The highest BCUT2D eigenvalue weighted by molar-refractivity contribution is 5.74. The molecule has 0 saturated heterocycles. The van der Waals surface area contributed by atoms with Crippen LogP contribution in [0, 0.1) is 5.92 Å². The Hall–Kier alpha value is -1.10. The van der Waals surface area contributed by atoms with Gasteiger partial charge in [-0.05, 0) is 13.3 Å². The van der Waals surface area contributed by atoms with Gasteiger partial charge in [-0.3, -0.25) is 0 Å². The van der Waals surface area contributed by atoms with Gasteiger partial charge in [0.15, 0.2) is 0 Å². The van der Waals surface area contributed by atoms with Crippen molar-refractivity contribution in [2.75, 3.05) is 7.11 Å². The number of unbranched alkanes of at least 4 members (excludes halogenated alkanes) is 13. The first-order valence-corrected chi connectivity index (χ1v) is 11.4. The third-order valence-electron chi connectivity index (χ3n) is 5.35. The summed E-state index contributed by atoms with van der Waals surface area (Å²) in [6.07, 6.45) is 18.7. The molecular formula is C23H44O5. The molecule has 0 heterocycles. The van der Waals surface area contributed by atoms with Crippen LogP contribution in [0.4, 0.5) is 0 Å². The predicted octanol–water partition coefficient (Wildman–Crippen LogP) is 6.53. The molecular weight excluding hydrogens is 356 g/mol. The van der Waals surface area contributed by atoms with Crippen LogP contribution in [0.15, 0.2) is 0 Å². The van der Waals surface area contributed by atoms with Crippen LogP contribution in [0.1, 0.15) is 117 Å². The highest BCUT2D eigenvalue weighted by Gasteiger charge is 2.28. The maximum Gasteiger partial charge on any atom is 0.361 e. The van der Waals surface area contributed by atoms with Gasteiger partial charge in [-0.2, -0.15) is 0 Å². The molecule has 166 valence electrons. The van der Waals surface area contributed by atoms with Crippen LogP contribution >= 0.6 is 0 Å². The third kappa shape index (κ3) is 15.9. The van der Waals surface area contributed by atoms with E-state index in [1.165, 1.54) is 84.0 Å². The Kier molecular flexibility index (Phi) is 18.5. The SMILES string of the molecule is CCCCCCCCCCCCCCCCC(C(=O)OOC(C)=O)C(C)OC. The van der Waals surface area contributed by atoms with Crippen molar-refractivity contribution in [1.82, 2.24) is 0 Å². The highest BCUT2D eigenvalue weighted by atomic mass is 17.2. The molecule has 0 bridgehead atoms. The fraction of sp³-hybridized carbons (Fsp3) is 0.913. The number of hydrogen-bond acceptors (Lipinski definition) is 5. The van der Waals surface area contributed by atoms with Gasteiger partial charge >= 0.3 is 11.9 Å². The molecule has 0 aromatic carbocycles. The maximum atomic E-state index is 12.0. The van der Waals surface area contributed by atoms with Gasteiger partial charge in [0.05, 0.1) is 12.0 Å². The number of hydrogen-bond donors (Lipinski definition) is 0. The standard InChI is InChI=1S/C23H44O5/c1-5-6-7-8-9-10-11-12-13-14-15-16-17-18-19-22(20(2)26-4)23(25)28-27-21(3)24/h20,22H,5-19H2,1-4H3.